The predicted octanol–water partition coefficient (Wildman–Crippen LogP) is 5.36. The molecule has 0 unspecified atom stereocenters. The second-order valence-electron chi connectivity index (χ2n) is 5.56. The Labute approximate surface area is 122 Å². The van der Waals surface area contributed by atoms with Crippen molar-refractivity contribution in [2.24, 2.45) is 0 Å². The van der Waals surface area contributed by atoms with Crippen molar-refractivity contribution in [3.63, 3.8) is 0 Å². The van der Waals surface area contributed by atoms with Crippen molar-refractivity contribution in [2.45, 2.75) is 19.8 Å². The number of hydrogen-bond donors (Lipinski definition) is 0. The Morgan fingerprint density at radius 2 is 1.86 bits per heavy atom. The Balaban J connectivity index is 1.95. The molecule has 21 heavy (non-hydrogen) atoms. The standard InChI is InChI=1S/C18H15NO2/c1-11(2)12-4-6-16-15(9-12)14-5-3-13(10-17(14)21-16)18-19-7-8-20-18/h3-11H,1-2H3. The summed E-state index contributed by atoms with van der Waals surface area (Å²) in [6.45, 7) is 4.40. The Morgan fingerprint density at radius 3 is 2.62 bits per heavy atom. The number of oxazole rings is 1. The highest BCUT2D eigenvalue weighted by Crippen LogP contribution is 2.33. The third-order valence-corrected chi connectivity index (χ3v) is 3.84. The molecule has 3 nitrogen and oxygen atoms in total. The molecule has 4 aromatic rings. The zero-order valence-electron chi connectivity index (χ0n) is 12.0. The van der Waals surface area contributed by atoms with Crippen LogP contribution in [0.4, 0.5) is 0 Å². The van der Waals surface area contributed by atoms with Crippen molar-refractivity contribution in [3.05, 3.63) is 54.4 Å². The van der Waals surface area contributed by atoms with Crippen molar-refractivity contribution in [1.29, 1.82) is 0 Å². The summed E-state index contributed by atoms with van der Waals surface area (Å²) in [7, 11) is 0. The van der Waals surface area contributed by atoms with Gasteiger partial charge < -0.3 is 8.83 Å². The third kappa shape index (κ3) is 1.93. The molecule has 2 heterocycles. The first-order chi connectivity index (χ1) is 10.2. The van der Waals surface area contributed by atoms with Crippen molar-refractivity contribution >= 4 is 21.9 Å². The Bertz CT molecular complexity index is 917. The van der Waals surface area contributed by atoms with Gasteiger partial charge in [-0.25, -0.2) is 4.98 Å². The fourth-order valence-electron chi connectivity index (χ4n) is 2.65. The molecule has 0 N–H and O–H groups in total. The second kappa shape index (κ2) is 4.48. The molecule has 4 rings (SSSR count). The van der Waals surface area contributed by atoms with E-state index in [-0.39, 0.29) is 0 Å². The summed E-state index contributed by atoms with van der Waals surface area (Å²) in [6.07, 6.45) is 3.22. The summed E-state index contributed by atoms with van der Waals surface area (Å²) < 4.78 is 11.3. The average Bonchev–Trinajstić information content (AvgIpc) is 3.13. The maximum Gasteiger partial charge on any atom is 0.225 e. The molecule has 104 valence electrons. The van der Waals surface area contributed by atoms with Crippen molar-refractivity contribution in [3.8, 4) is 11.5 Å². The molecule has 3 heteroatoms. The number of benzene rings is 2. The summed E-state index contributed by atoms with van der Waals surface area (Å²) in [5.41, 5.74) is 4.03. The lowest BCUT2D eigenvalue weighted by Crippen LogP contribution is -1.85. The molecular weight excluding hydrogens is 262 g/mol. The van der Waals surface area contributed by atoms with Crippen molar-refractivity contribution in [2.75, 3.05) is 0 Å². The van der Waals surface area contributed by atoms with E-state index in [0.29, 0.717) is 11.8 Å². The van der Waals surface area contributed by atoms with Crippen LogP contribution in [0.1, 0.15) is 25.3 Å². The summed E-state index contributed by atoms with van der Waals surface area (Å²) in [5, 5.41) is 2.29. The highest BCUT2D eigenvalue weighted by Gasteiger charge is 2.11. The first kappa shape index (κ1) is 12.2. The predicted molar refractivity (Wildman–Crippen MR) is 83.3 cm³/mol. The van der Waals surface area contributed by atoms with Crippen LogP contribution in [0.3, 0.4) is 0 Å². The maximum absolute atomic E-state index is 5.96. The van der Waals surface area contributed by atoms with Gasteiger partial charge in [-0.2, -0.15) is 0 Å². The van der Waals surface area contributed by atoms with Crippen LogP contribution in [-0.2, 0) is 0 Å². The van der Waals surface area contributed by atoms with E-state index in [1.54, 1.807) is 12.5 Å². The third-order valence-electron chi connectivity index (χ3n) is 3.84. The summed E-state index contributed by atoms with van der Waals surface area (Å²) in [5.74, 6) is 1.12. The zero-order valence-corrected chi connectivity index (χ0v) is 12.0. The van der Waals surface area contributed by atoms with Crippen LogP contribution in [0.15, 0.2) is 57.7 Å². The first-order valence-corrected chi connectivity index (χ1v) is 7.08. The molecule has 0 radical (unpaired) electrons. The number of fused-ring (bicyclic) bond motifs is 3. The van der Waals surface area contributed by atoms with E-state index in [4.69, 9.17) is 8.83 Å². The van der Waals surface area contributed by atoms with E-state index in [2.05, 4.69) is 43.1 Å². The van der Waals surface area contributed by atoms with E-state index in [0.717, 1.165) is 27.5 Å². The monoisotopic (exact) mass is 277 g/mol. The van der Waals surface area contributed by atoms with Crippen LogP contribution < -0.4 is 0 Å². The van der Waals surface area contributed by atoms with E-state index in [1.807, 2.05) is 12.1 Å². The summed E-state index contributed by atoms with van der Waals surface area (Å²) in [6, 6.07) is 12.5. The molecule has 0 aliphatic rings. The normalized spacial score (nSPS) is 11.8. The molecular formula is C18H15NO2. The van der Waals surface area contributed by atoms with Gasteiger partial charge in [0.15, 0.2) is 0 Å². The van der Waals surface area contributed by atoms with E-state index in [9.17, 15) is 0 Å². The fraction of sp³-hybridized carbons (Fsp3) is 0.167. The van der Waals surface area contributed by atoms with Crippen LogP contribution >= 0.6 is 0 Å². The lowest BCUT2D eigenvalue weighted by molar-refractivity contribution is 0.574. The Hall–Kier alpha value is -2.55. The first-order valence-electron chi connectivity index (χ1n) is 7.08. The topological polar surface area (TPSA) is 39.2 Å². The quantitative estimate of drug-likeness (QED) is 0.495. The van der Waals surface area contributed by atoms with Gasteiger partial charge in [-0.15, -0.1) is 0 Å². The van der Waals surface area contributed by atoms with Gasteiger partial charge in [-0.05, 0) is 41.8 Å². The van der Waals surface area contributed by atoms with Gasteiger partial charge in [0.05, 0.1) is 6.20 Å². The highest BCUT2D eigenvalue weighted by atomic mass is 16.3. The fourth-order valence-corrected chi connectivity index (χ4v) is 2.65. The highest BCUT2D eigenvalue weighted by molar-refractivity contribution is 6.06. The van der Waals surface area contributed by atoms with Gasteiger partial charge in [0.1, 0.15) is 17.4 Å². The van der Waals surface area contributed by atoms with Gasteiger partial charge >= 0.3 is 0 Å². The zero-order chi connectivity index (χ0) is 14.4. The summed E-state index contributed by atoms with van der Waals surface area (Å²) >= 11 is 0. The maximum atomic E-state index is 5.96. The average molecular weight is 277 g/mol. The number of furan rings is 1. The van der Waals surface area contributed by atoms with Crippen LogP contribution in [0.5, 0.6) is 0 Å². The molecule has 0 spiro atoms. The number of aromatic nitrogens is 1. The summed E-state index contributed by atoms with van der Waals surface area (Å²) in [4.78, 5) is 4.18. The van der Waals surface area contributed by atoms with Gasteiger partial charge in [-0.3, -0.25) is 0 Å². The molecule has 0 bridgehead atoms. The number of rotatable bonds is 2. The SMILES string of the molecule is CC(C)c1ccc2oc3cc(-c4ncco4)ccc3c2c1. The van der Waals surface area contributed by atoms with Crippen molar-refractivity contribution in [1.82, 2.24) is 4.98 Å². The molecule has 0 saturated heterocycles. The van der Waals surface area contributed by atoms with Crippen LogP contribution in [-0.4, -0.2) is 4.98 Å². The van der Waals surface area contributed by atoms with Crippen LogP contribution in [0, 0.1) is 0 Å². The Morgan fingerprint density at radius 1 is 0.952 bits per heavy atom. The van der Waals surface area contributed by atoms with Gasteiger partial charge in [0.2, 0.25) is 5.89 Å². The molecule has 0 aliphatic carbocycles. The molecule has 0 saturated carbocycles. The van der Waals surface area contributed by atoms with Gasteiger partial charge in [-0.1, -0.05) is 19.9 Å². The largest absolute Gasteiger partial charge is 0.456 e. The lowest BCUT2D eigenvalue weighted by Gasteiger charge is -2.03. The Kier molecular flexibility index (Phi) is 2.61. The molecule has 2 aromatic heterocycles. The van der Waals surface area contributed by atoms with Gasteiger partial charge in [0.25, 0.3) is 0 Å². The molecule has 0 fully saturated rings. The minimum atomic E-state index is 0.506. The lowest BCUT2D eigenvalue weighted by atomic mass is 10.0. The minimum absolute atomic E-state index is 0.506. The molecule has 0 aliphatic heterocycles. The van der Waals surface area contributed by atoms with Crippen LogP contribution in [0.2, 0.25) is 0 Å². The second-order valence-corrected chi connectivity index (χ2v) is 5.56. The van der Waals surface area contributed by atoms with Crippen LogP contribution in [0.25, 0.3) is 33.4 Å². The number of nitrogens with zero attached hydrogens (tertiary/aromatic N) is 1. The van der Waals surface area contributed by atoms with E-state index in [1.165, 1.54) is 5.56 Å². The molecule has 0 atom stereocenters. The molecule has 0 amide bonds. The molecule has 2 aromatic carbocycles. The van der Waals surface area contributed by atoms with Crippen molar-refractivity contribution < 1.29 is 8.83 Å². The minimum Gasteiger partial charge on any atom is -0.456 e. The van der Waals surface area contributed by atoms with Gasteiger partial charge in [0, 0.05) is 16.3 Å². The van der Waals surface area contributed by atoms with E-state index >= 15 is 0 Å². The number of hydrogen-bond acceptors (Lipinski definition) is 3. The van der Waals surface area contributed by atoms with E-state index < -0.39 is 0 Å². The smallest absolute Gasteiger partial charge is 0.225 e.